The van der Waals surface area contributed by atoms with Crippen LogP contribution in [-0.2, 0) is 4.79 Å². The summed E-state index contributed by atoms with van der Waals surface area (Å²) >= 11 is 0. The molecule has 0 atom stereocenters. The molecule has 0 saturated heterocycles. The summed E-state index contributed by atoms with van der Waals surface area (Å²) in [7, 11) is 0. The van der Waals surface area contributed by atoms with Crippen molar-refractivity contribution in [3.63, 3.8) is 0 Å². The highest BCUT2D eigenvalue weighted by Gasteiger charge is 2.08. The van der Waals surface area contributed by atoms with E-state index < -0.39 is 0 Å². The van der Waals surface area contributed by atoms with Crippen molar-refractivity contribution in [2.45, 2.75) is 117 Å². The SMILES string of the molecule is CCCCCCCCCCC(=O)NN(CCCCC)CCCCC. The van der Waals surface area contributed by atoms with Crippen molar-refractivity contribution >= 4 is 5.91 Å². The summed E-state index contributed by atoms with van der Waals surface area (Å²) in [4.78, 5) is 12.1. The third kappa shape index (κ3) is 16.3. The monoisotopic (exact) mass is 340 g/mol. The predicted octanol–water partition coefficient (Wildman–Crippen LogP) is 6.23. The number of nitrogens with zero attached hydrogens (tertiary/aromatic N) is 1. The highest BCUT2D eigenvalue weighted by atomic mass is 16.2. The number of carbonyl (C=O) groups excluding carboxylic acids is 1. The molecular formula is C21H44N2O. The molecule has 3 heteroatoms. The first-order valence-corrected chi connectivity index (χ1v) is 10.8. The van der Waals surface area contributed by atoms with E-state index in [-0.39, 0.29) is 5.91 Å². The third-order valence-electron chi connectivity index (χ3n) is 4.60. The van der Waals surface area contributed by atoms with Crippen LogP contribution in [0.15, 0.2) is 0 Å². The number of unbranched alkanes of at least 4 members (excludes halogenated alkanes) is 11. The highest BCUT2D eigenvalue weighted by Crippen LogP contribution is 2.09. The smallest absolute Gasteiger partial charge is 0.234 e. The molecule has 1 N–H and O–H groups in total. The zero-order valence-electron chi connectivity index (χ0n) is 16.9. The van der Waals surface area contributed by atoms with Crippen molar-refractivity contribution < 1.29 is 4.79 Å². The Balaban J connectivity index is 3.74. The van der Waals surface area contributed by atoms with Gasteiger partial charge in [-0.2, -0.15) is 0 Å². The minimum absolute atomic E-state index is 0.217. The Morgan fingerprint density at radius 1 is 0.625 bits per heavy atom. The second kappa shape index (κ2) is 18.8. The number of amides is 1. The molecule has 144 valence electrons. The van der Waals surface area contributed by atoms with E-state index in [2.05, 4.69) is 31.2 Å². The van der Waals surface area contributed by atoms with E-state index in [9.17, 15) is 4.79 Å². The molecule has 0 heterocycles. The molecule has 24 heavy (non-hydrogen) atoms. The number of hydrogen-bond acceptors (Lipinski definition) is 2. The van der Waals surface area contributed by atoms with Gasteiger partial charge in [-0.3, -0.25) is 10.2 Å². The molecular weight excluding hydrogens is 296 g/mol. The van der Waals surface area contributed by atoms with Gasteiger partial charge in [-0.1, -0.05) is 91.4 Å². The normalized spacial score (nSPS) is 11.2. The number of rotatable bonds is 18. The van der Waals surface area contributed by atoms with Crippen molar-refractivity contribution in [1.29, 1.82) is 0 Å². The van der Waals surface area contributed by atoms with Gasteiger partial charge in [0.05, 0.1) is 0 Å². The van der Waals surface area contributed by atoms with Crippen LogP contribution in [0, 0.1) is 0 Å². The molecule has 1 amide bonds. The zero-order chi connectivity index (χ0) is 17.9. The molecule has 0 rings (SSSR count). The van der Waals surface area contributed by atoms with Gasteiger partial charge in [0.25, 0.3) is 0 Å². The van der Waals surface area contributed by atoms with Crippen LogP contribution < -0.4 is 5.43 Å². The first-order chi connectivity index (χ1) is 11.7. The Morgan fingerprint density at radius 2 is 1.04 bits per heavy atom. The lowest BCUT2D eigenvalue weighted by atomic mass is 10.1. The molecule has 0 spiro atoms. The van der Waals surface area contributed by atoms with E-state index in [1.807, 2.05) is 0 Å². The summed E-state index contributed by atoms with van der Waals surface area (Å²) in [5, 5.41) is 2.17. The lowest BCUT2D eigenvalue weighted by Crippen LogP contribution is -2.43. The van der Waals surface area contributed by atoms with E-state index >= 15 is 0 Å². The van der Waals surface area contributed by atoms with Gasteiger partial charge < -0.3 is 0 Å². The molecule has 0 aromatic carbocycles. The number of nitrogens with one attached hydrogen (secondary N) is 1. The Bertz CT molecular complexity index is 259. The second-order valence-electron chi connectivity index (χ2n) is 7.16. The van der Waals surface area contributed by atoms with Gasteiger partial charge in [-0.05, 0) is 19.3 Å². The van der Waals surface area contributed by atoms with Crippen LogP contribution in [0.1, 0.15) is 117 Å². The lowest BCUT2D eigenvalue weighted by Gasteiger charge is -2.23. The van der Waals surface area contributed by atoms with Crippen molar-refractivity contribution in [2.75, 3.05) is 13.1 Å². The molecule has 0 unspecified atom stereocenters. The quantitative estimate of drug-likeness (QED) is 0.237. The van der Waals surface area contributed by atoms with E-state index in [0.717, 1.165) is 19.5 Å². The summed E-state index contributed by atoms with van der Waals surface area (Å²) in [5.74, 6) is 0.217. The molecule has 3 nitrogen and oxygen atoms in total. The number of carbonyl (C=O) groups is 1. The van der Waals surface area contributed by atoms with Crippen LogP contribution in [0.3, 0.4) is 0 Å². The minimum Gasteiger partial charge on any atom is -0.289 e. The summed E-state index contributed by atoms with van der Waals surface area (Å²) < 4.78 is 0. The van der Waals surface area contributed by atoms with Gasteiger partial charge in [0, 0.05) is 19.5 Å². The standard InChI is InChI=1S/C21H44N2O/c1-4-7-10-11-12-13-14-15-18-21(24)22-23(19-16-8-5-2)20-17-9-6-3/h4-20H2,1-3H3,(H,22,24). The average molecular weight is 341 g/mol. The maximum atomic E-state index is 12.1. The van der Waals surface area contributed by atoms with Gasteiger partial charge in [0.15, 0.2) is 0 Å². The maximum absolute atomic E-state index is 12.1. The Hall–Kier alpha value is -0.570. The van der Waals surface area contributed by atoms with E-state index in [1.165, 1.54) is 83.5 Å². The number of hydrogen-bond donors (Lipinski definition) is 1. The van der Waals surface area contributed by atoms with Gasteiger partial charge in [0.2, 0.25) is 5.91 Å². The van der Waals surface area contributed by atoms with Crippen molar-refractivity contribution in [1.82, 2.24) is 10.4 Å². The fraction of sp³-hybridized carbons (Fsp3) is 0.952. The Labute approximate surface area is 151 Å². The fourth-order valence-corrected chi connectivity index (χ4v) is 2.98. The highest BCUT2D eigenvalue weighted by molar-refractivity contribution is 5.75. The maximum Gasteiger partial charge on any atom is 0.234 e. The molecule has 0 aromatic rings. The summed E-state index contributed by atoms with van der Waals surface area (Å²) in [6, 6.07) is 0. The van der Waals surface area contributed by atoms with Gasteiger partial charge in [0.1, 0.15) is 0 Å². The molecule has 0 aliphatic rings. The third-order valence-corrected chi connectivity index (χ3v) is 4.60. The lowest BCUT2D eigenvalue weighted by molar-refractivity contribution is -0.126. The Kier molecular flexibility index (Phi) is 18.3. The van der Waals surface area contributed by atoms with E-state index in [0.29, 0.717) is 6.42 Å². The van der Waals surface area contributed by atoms with Gasteiger partial charge in [-0.15, -0.1) is 0 Å². The topological polar surface area (TPSA) is 32.3 Å². The summed E-state index contributed by atoms with van der Waals surface area (Å²) in [6.45, 7) is 8.71. The van der Waals surface area contributed by atoms with Crippen LogP contribution in [-0.4, -0.2) is 24.0 Å². The minimum atomic E-state index is 0.217. The van der Waals surface area contributed by atoms with Crippen LogP contribution in [0.2, 0.25) is 0 Å². The zero-order valence-corrected chi connectivity index (χ0v) is 16.9. The molecule has 0 aromatic heterocycles. The molecule has 0 fully saturated rings. The first-order valence-electron chi connectivity index (χ1n) is 10.8. The van der Waals surface area contributed by atoms with Gasteiger partial charge >= 0.3 is 0 Å². The van der Waals surface area contributed by atoms with Crippen LogP contribution in [0.4, 0.5) is 0 Å². The molecule has 0 aliphatic carbocycles. The van der Waals surface area contributed by atoms with Crippen LogP contribution >= 0.6 is 0 Å². The van der Waals surface area contributed by atoms with Gasteiger partial charge in [-0.25, -0.2) is 5.01 Å². The Morgan fingerprint density at radius 3 is 1.54 bits per heavy atom. The average Bonchev–Trinajstić information content (AvgIpc) is 2.57. The molecule has 0 aliphatic heterocycles. The molecule has 0 bridgehead atoms. The fourth-order valence-electron chi connectivity index (χ4n) is 2.98. The second-order valence-corrected chi connectivity index (χ2v) is 7.16. The summed E-state index contributed by atoms with van der Waals surface area (Å²) in [6.07, 6.45) is 18.3. The van der Waals surface area contributed by atoms with E-state index in [4.69, 9.17) is 0 Å². The summed E-state index contributed by atoms with van der Waals surface area (Å²) in [5.41, 5.74) is 3.15. The van der Waals surface area contributed by atoms with Crippen molar-refractivity contribution in [2.24, 2.45) is 0 Å². The number of hydrazine groups is 1. The van der Waals surface area contributed by atoms with E-state index in [1.54, 1.807) is 0 Å². The molecule has 0 radical (unpaired) electrons. The molecule has 0 saturated carbocycles. The first kappa shape index (κ1) is 23.4. The van der Waals surface area contributed by atoms with Crippen LogP contribution in [0.5, 0.6) is 0 Å². The largest absolute Gasteiger partial charge is 0.289 e. The van der Waals surface area contributed by atoms with Crippen LogP contribution in [0.25, 0.3) is 0 Å². The van der Waals surface area contributed by atoms with Crippen molar-refractivity contribution in [3.05, 3.63) is 0 Å². The predicted molar refractivity (Wildman–Crippen MR) is 106 cm³/mol. The van der Waals surface area contributed by atoms with Crippen molar-refractivity contribution in [3.8, 4) is 0 Å².